The van der Waals surface area contributed by atoms with Crippen LogP contribution in [-0.2, 0) is 6.54 Å². The summed E-state index contributed by atoms with van der Waals surface area (Å²) >= 11 is 0. The van der Waals surface area contributed by atoms with Gasteiger partial charge in [-0.15, -0.1) is 16.8 Å². The molecule has 0 fully saturated rings. The van der Waals surface area contributed by atoms with Crippen molar-refractivity contribution in [1.82, 2.24) is 4.57 Å². The van der Waals surface area contributed by atoms with E-state index in [-0.39, 0.29) is 35.2 Å². The van der Waals surface area contributed by atoms with Gasteiger partial charge in [0, 0.05) is 24.2 Å². The molecule has 1 aromatic carbocycles. The molecule has 1 heterocycles. The molecule has 0 amide bonds. The number of nitrogens with zero attached hydrogens (tertiary/aromatic N) is 4. The Labute approximate surface area is 142 Å². The van der Waals surface area contributed by atoms with Crippen LogP contribution in [0.15, 0.2) is 45.9 Å². The molecule has 25 heavy (non-hydrogen) atoms. The van der Waals surface area contributed by atoms with Crippen molar-refractivity contribution in [3.63, 3.8) is 0 Å². The van der Waals surface area contributed by atoms with E-state index in [0.717, 1.165) is 22.8 Å². The summed E-state index contributed by atoms with van der Waals surface area (Å²) in [6.07, 6.45) is 1.45. The van der Waals surface area contributed by atoms with E-state index in [1.807, 2.05) is 0 Å². The molecular weight excluding hydrogens is 328 g/mol. The lowest BCUT2D eigenvalue weighted by molar-refractivity contribution is -0.384. The Morgan fingerprint density at radius 1 is 1.28 bits per heavy atom. The van der Waals surface area contributed by atoms with E-state index in [4.69, 9.17) is 0 Å². The molecule has 9 nitrogen and oxygen atoms in total. The van der Waals surface area contributed by atoms with E-state index < -0.39 is 10.5 Å². The van der Waals surface area contributed by atoms with Gasteiger partial charge in [-0.1, -0.05) is 6.08 Å². The van der Waals surface area contributed by atoms with Gasteiger partial charge in [0.05, 0.1) is 4.92 Å². The zero-order chi connectivity index (χ0) is 18.7. The summed E-state index contributed by atoms with van der Waals surface area (Å²) in [5.41, 5.74) is -0.184. The molecule has 0 atom stereocenters. The fourth-order valence-electron chi connectivity index (χ4n) is 2.16. The molecule has 9 heteroatoms. The molecule has 0 saturated carbocycles. The van der Waals surface area contributed by atoms with Crippen LogP contribution in [0.3, 0.4) is 0 Å². The monoisotopic (exact) mass is 344 g/mol. The molecule has 2 N–H and O–H groups in total. The zero-order valence-electron chi connectivity index (χ0n) is 13.6. The predicted molar refractivity (Wildman–Crippen MR) is 91.0 cm³/mol. The largest absolute Gasteiger partial charge is 0.506 e. The Kier molecular flexibility index (Phi) is 4.97. The van der Waals surface area contributed by atoms with Crippen molar-refractivity contribution in [3.05, 3.63) is 62.4 Å². The number of phenols is 1. The van der Waals surface area contributed by atoms with E-state index in [1.165, 1.54) is 6.08 Å². The highest BCUT2D eigenvalue weighted by molar-refractivity contribution is 5.57. The molecule has 130 valence electrons. The fraction of sp³-hybridized carbons (Fsp3) is 0.188. The number of aromatic nitrogens is 1. The van der Waals surface area contributed by atoms with Gasteiger partial charge in [-0.3, -0.25) is 19.5 Å². The molecule has 0 saturated heterocycles. The summed E-state index contributed by atoms with van der Waals surface area (Å²) in [6, 6.07) is 3.29. The third-order valence-electron chi connectivity index (χ3n) is 3.70. The Morgan fingerprint density at radius 2 is 1.96 bits per heavy atom. The highest BCUT2D eigenvalue weighted by Crippen LogP contribution is 2.32. The maximum Gasteiger partial charge on any atom is 0.281 e. The Morgan fingerprint density at radius 3 is 2.56 bits per heavy atom. The Balaban J connectivity index is 2.59. The molecular formula is C16H16N4O5. The first-order valence-corrected chi connectivity index (χ1v) is 7.21. The van der Waals surface area contributed by atoms with Gasteiger partial charge in [0.15, 0.2) is 11.6 Å². The minimum atomic E-state index is -0.633. The van der Waals surface area contributed by atoms with Crippen molar-refractivity contribution in [2.24, 2.45) is 10.2 Å². The highest BCUT2D eigenvalue weighted by Gasteiger charge is 2.16. The van der Waals surface area contributed by atoms with E-state index in [2.05, 4.69) is 16.8 Å². The third kappa shape index (κ3) is 3.39. The predicted octanol–water partition coefficient (Wildman–Crippen LogP) is 3.39. The molecule has 0 radical (unpaired) electrons. The number of azo groups is 1. The third-order valence-corrected chi connectivity index (χ3v) is 3.70. The second-order valence-corrected chi connectivity index (χ2v) is 5.26. The van der Waals surface area contributed by atoms with Crippen LogP contribution in [0.4, 0.5) is 17.1 Å². The van der Waals surface area contributed by atoms with Crippen molar-refractivity contribution >= 4 is 17.1 Å². The minimum absolute atomic E-state index is 0.0388. The average Bonchev–Trinajstić information content (AvgIpc) is 2.58. The van der Waals surface area contributed by atoms with Crippen molar-refractivity contribution in [1.29, 1.82) is 0 Å². The van der Waals surface area contributed by atoms with Crippen molar-refractivity contribution in [3.8, 4) is 11.6 Å². The maximum absolute atomic E-state index is 12.5. The SMILES string of the molecule is C=CCn1c(O)c(C)c(C)c(N=Nc2cc([N+](=O)[O-])ccc2O)c1=O. The maximum atomic E-state index is 12.5. The molecule has 0 aliphatic rings. The topological polar surface area (TPSA) is 130 Å². The number of pyridine rings is 1. The number of nitro groups is 1. The number of non-ortho nitro benzene ring substituents is 1. The van der Waals surface area contributed by atoms with Crippen LogP contribution >= 0.6 is 0 Å². The van der Waals surface area contributed by atoms with Gasteiger partial charge >= 0.3 is 0 Å². The first-order valence-electron chi connectivity index (χ1n) is 7.21. The Hall–Kier alpha value is -3.49. The van der Waals surface area contributed by atoms with Crippen LogP contribution in [-0.4, -0.2) is 19.7 Å². The normalized spacial score (nSPS) is 11.0. The van der Waals surface area contributed by atoms with Gasteiger partial charge in [-0.05, 0) is 25.5 Å². The first-order chi connectivity index (χ1) is 11.8. The molecule has 1 aromatic heterocycles. The summed E-state index contributed by atoms with van der Waals surface area (Å²) in [5.74, 6) is -0.506. The lowest BCUT2D eigenvalue weighted by Gasteiger charge is -2.12. The van der Waals surface area contributed by atoms with E-state index >= 15 is 0 Å². The number of aromatic hydroxyl groups is 2. The van der Waals surface area contributed by atoms with Crippen LogP contribution in [0.2, 0.25) is 0 Å². The van der Waals surface area contributed by atoms with E-state index in [0.29, 0.717) is 11.1 Å². The van der Waals surface area contributed by atoms with E-state index in [9.17, 15) is 25.1 Å². The summed E-state index contributed by atoms with van der Waals surface area (Å²) in [7, 11) is 0. The van der Waals surface area contributed by atoms with Gasteiger partial charge in [0.2, 0.25) is 0 Å². The van der Waals surface area contributed by atoms with Gasteiger partial charge in [-0.2, -0.15) is 0 Å². The van der Waals surface area contributed by atoms with Crippen LogP contribution in [0, 0.1) is 24.0 Å². The van der Waals surface area contributed by atoms with Gasteiger partial charge in [-0.25, -0.2) is 0 Å². The Bertz CT molecular complexity index is 947. The number of allylic oxidation sites excluding steroid dienone is 1. The summed E-state index contributed by atoms with van der Waals surface area (Å²) in [4.78, 5) is 22.6. The van der Waals surface area contributed by atoms with Crippen LogP contribution in [0.1, 0.15) is 11.1 Å². The van der Waals surface area contributed by atoms with Gasteiger partial charge in [0.25, 0.3) is 11.2 Å². The number of rotatable bonds is 5. The zero-order valence-corrected chi connectivity index (χ0v) is 13.6. The van der Waals surface area contributed by atoms with Crippen LogP contribution in [0.5, 0.6) is 11.6 Å². The lowest BCUT2D eigenvalue weighted by Crippen LogP contribution is -2.21. The molecule has 0 aliphatic heterocycles. The second kappa shape index (κ2) is 6.95. The van der Waals surface area contributed by atoms with Crippen molar-refractivity contribution < 1.29 is 15.1 Å². The van der Waals surface area contributed by atoms with Crippen molar-refractivity contribution in [2.45, 2.75) is 20.4 Å². The number of benzene rings is 1. The van der Waals surface area contributed by atoms with Crippen molar-refractivity contribution in [2.75, 3.05) is 0 Å². The number of nitro benzene ring substituents is 1. The van der Waals surface area contributed by atoms with Gasteiger partial charge < -0.3 is 10.2 Å². The molecule has 0 aliphatic carbocycles. The molecule has 0 bridgehead atoms. The van der Waals surface area contributed by atoms with E-state index in [1.54, 1.807) is 13.8 Å². The minimum Gasteiger partial charge on any atom is -0.506 e. The lowest BCUT2D eigenvalue weighted by atomic mass is 10.1. The fourth-order valence-corrected chi connectivity index (χ4v) is 2.16. The number of phenolic OH excluding ortho intramolecular Hbond substituents is 1. The average molecular weight is 344 g/mol. The molecule has 2 rings (SSSR count). The second-order valence-electron chi connectivity index (χ2n) is 5.26. The smallest absolute Gasteiger partial charge is 0.281 e. The van der Waals surface area contributed by atoms with Crippen LogP contribution < -0.4 is 5.56 Å². The highest BCUT2D eigenvalue weighted by atomic mass is 16.6. The quantitative estimate of drug-likeness (QED) is 0.371. The number of hydrogen-bond acceptors (Lipinski definition) is 7. The first kappa shape index (κ1) is 17.9. The summed E-state index contributed by atoms with van der Waals surface area (Å²) < 4.78 is 1.08. The summed E-state index contributed by atoms with van der Waals surface area (Å²) in [6.45, 7) is 6.82. The molecule has 0 spiro atoms. The standard InChI is InChI=1S/C16H16N4O5/c1-4-7-19-15(22)10(3)9(2)14(16(19)23)18-17-12-8-11(20(24)25)5-6-13(12)21/h4-6,8,21-22H,1,7H2,2-3H3. The summed E-state index contributed by atoms with van der Waals surface area (Å²) in [5, 5.41) is 38.2. The van der Waals surface area contributed by atoms with Gasteiger partial charge in [0.1, 0.15) is 11.4 Å². The number of hydrogen-bond donors (Lipinski definition) is 2. The van der Waals surface area contributed by atoms with Crippen LogP contribution in [0.25, 0.3) is 0 Å². The molecule has 2 aromatic rings. The molecule has 0 unspecified atom stereocenters.